The van der Waals surface area contributed by atoms with Crippen molar-refractivity contribution in [2.24, 2.45) is 0 Å². The molecule has 0 aliphatic heterocycles. The number of hydrogen-bond acceptors (Lipinski definition) is 3. The molecule has 1 rings (SSSR count). The molecule has 0 amide bonds. The minimum atomic E-state index is -1.14. The van der Waals surface area contributed by atoms with E-state index in [1.54, 1.807) is 19.1 Å². The van der Waals surface area contributed by atoms with Gasteiger partial charge >= 0.3 is 0 Å². The summed E-state index contributed by atoms with van der Waals surface area (Å²) in [5.74, 6) is -1.02. The Balaban J connectivity index is 2.89. The molecule has 3 heteroatoms. The molecule has 0 heterocycles. The Hall–Kier alpha value is -1.51. The van der Waals surface area contributed by atoms with Crippen LogP contribution in [0.5, 0.6) is 5.75 Å². The van der Waals surface area contributed by atoms with Crippen molar-refractivity contribution in [3.8, 4) is 5.75 Å². The van der Waals surface area contributed by atoms with E-state index in [-0.39, 0.29) is 12.2 Å². The van der Waals surface area contributed by atoms with E-state index in [1.165, 1.54) is 6.07 Å². The van der Waals surface area contributed by atoms with Gasteiger partial charge in [0.2, 0.25) is 0 Å². The Morgan fingerprint density at radius 3 is 2.75 bits per heavy atom. The number of carboxylic acids is 1. The molecule has 0 aliphatic rings. The third-order valence-electron chi connectivity index (χ3n) is 1.62. The van der Waals surface area contributed by atoms with Crippen LogP contribution >= 0.6 is 0 Å². The summed E-state index contributed by atoms with van der Waals surface area (Å²) in [6, 6.07) is 4.77. The monoisotopic (exact) mass is 165 g/mol. The first-order valence-electron chi connectivity index (χ1n) is 3.58. The van der Waals surface area contributed by atoms with Crippen molar-refractivity contribution in [3.63, 3.8) is 0 Å². The highest BCUT2D eigenvalue weighted by Gasteiger charge is 1.97. The van der Waals surface area contributed by atoms with Crippen molar-refractivity contribution in [2.45, 2.75) is 13.3 Å². The largest absolute Gasteiger partial charge is 0.550 e. The normalized spacial score (nSPS) is 9.75. The predicted octanol–water partition coefficient (Wildman–Crippen LogP) is -0.00698. The molecule has 1 N–H and O–H groups in total. The van der Waals surface area contributed by atoms with Crippen molar-refractivity contribution < 1.29 is 15.0 Å². The Morgan fingerprint density at radius 2 is 2.25 bits per heavy atom. The van der Waals surface area contributed by atoms with Gasteiger partial charge in [-0.05, 0) is 24.1 Å². The highest BCUT2D eigenvalue weighted by molar-refractivity contribution is 5.68. The van der Waals surface area contributed by atoms with Gasteiger partial charge in [0, 0.05) is 12.4 Å². The highest BCUT2D eigenvalue weighted by Crippen LogP contribution is 2.17. The average molecular weight is 165 g/mol. The van der Waals surface area contributed by atoms with Crippen LogP contribution in [0.2, 0.25) is 0 Å². The van der Waals surface area contributed by atoms with Crippen LogP contribution < -0.4 is 5.11 Å². The fourth-order valence-corrected chi connectivity index (χ4v) is 0.932. The predicted molar refractivity (Wildman–Crippen MR) is 41.6 cm³/mol. The minimum Gasteiger partial charge on any atom is -0.550 e. The van der Waals surface area contributed by atoms with E-state index >= 15 is 0 Å². The Kier molecular flexibility index (Phi) is 2.33. The quantitative estimate of drug-likeness (QED) is 0.670. The topological polar surface area (TPSA) is 60.4 Å². The van der Waals surface area contributed by atoms with Gasteiger partial charge in [-0.25, -0.2) is 0 Å². The van der Waals surface area contributed by atoms with E-state index < -0.39 is 5.97 Å². The lowest BCUT2D eigenvalue weighted by molar-refractivity contribution is -0.304. The summed E-state index contributed by atoms with van der Waals surface area (Å²) in [5.41, 5.74) is 1.29. The SMILES string of the molecule is Cc1ccc(CC(=O)[O-])cc1O. The highest BCUT2D eigenvalue weighted by atomic mass is 16.4. The average Bonchev–Trinajstić information content (AvgIpc) is 1.96. The zero-order valence-corrected chi connectivity index (χ0v) is 6.70. The molecule has 0 atom stereocenters. The van der Waals surface area contributed by atoms with Gasteiger partial charge in [-0.15, -0.1) is 0 Å². The van der Waals surface area contributed by atoms with Gasteiger partial charge in [0.25, 0.3) is 0 Å². The number of hydrogen-bond donors (Lipinski definition) is 1. The molecule has 0 saturated carbocycles. The number of rotatable bonds is 2. The standard InChI is InChI=1S/C9H10O3/c1-6-2-3-7(4-8(6)10)5-9(11)12/h2-4,10H,5H2,1H3,(H,11,12)/p-1. The zero-order valence-electron chi connectivity index (χ0n) is 6.70. The fraction of sp³-hybridized carbons (Fsp3) is 0.222. The van der Waals surface area contributed by atoms with Crippen molar-refractivity contribution >= 4 is 5.97 Å². The van der Waals surface area contributed by atoms with E-state index in [0.29, 0.717) is 5.56 Å². The number of carbonyl (C=O) groups is 1. The van der Waals surface area contributed by atoms with Crippen molar-refractivity contribution in [3.05, 3.63) is 29.3 Å². The van der Waals surface area contributed by atoms with Gasteiger partial charge in [-0.3, -0.25) is 0 Å². The minimum absolute atomic E-state index is 0.119. The molecule has 1 aromatic carbocycles. The van der Waals surface area contributed by atoms with Crippen LogP contribution in [0.15, 0.2) is 18.2 Å². The van der Waals surface area contributed by atoms with Crippen molar-refractivity contribution in [1.29, 1.82) is 0 Å². The molecular weight excluding hydrogens is 156 g/mol. The molecule has 0 spiro atoms. The summed E-state index contributed by atoms with van der Waals surface area (Å²) in [6.45, 7) is 1.75. The molecule has 0 aromatic heterocycles. The number of phenols is 1. The Labute approximate surface area is 70.3 Å². The molecule has 0 unspecified atom stereocenters. The number of benzene rings is 1. The third kappa shape index (κ3) is 1.99. The summed E-state index contributed by atoms with van der Waals surface area (Å²) in [6.07, 6.45) is -0.159. The van der Waals surface area contributed by atoms with Crippen LogP contribution in [-0.4, -0.2) is 11.1 Å². The summed E-state index contributed by atoms with van der Waals surface area (Å²) < 4.78 is 0. The smallest absolute Gasteiger partial charge is 0.118 e. The number of carboxylic acid groups (broad SMARTS) is 1. The van der Waals surface area contributed by atoms with Gasteiger partial charge in [0.15, 0.2) is 0 Å². The summed E-state index contributed by atoms with van der Waals surface area (Å²) in [4.78, 5) is 10.2. The number of aliphatic carboxylic acids is 1. The van der Waals surface area contributed by atoms with Gasteiger partial charge in [0.1, 0.15) is 5.75 Å². The van der Waals surface area contributed by atoms with Gasteiger partial charge < -0.3 is 15.0 Å². The molecule has 64 valence electrons. The van der Waals surface area contributed by atoms with Crippen LogP contribution in [0.25, 0.3) is 0 Å². The molecule has 0 aliphatic carbocycles. The first-order valence-corrected chi connectivity index (χ1v) is 3.58. The Morgan fingerprint density at radius 1 is 1.58 bits per heavy atom. The molecule has 0 radical (unpaired) electrons. The summed E-state index contributed by atoms with van der Waals surface area (Å²) >= 11 is 0. The first-order chi connectivity index (χ1) is 5.59. The summed E-state index contributed by atoms with van der Waals surface area (Å²) in [5, 5.41) is 19.4. The second-order valence-electron chi connectivity index (χ2n) is 2.67. The van der Waals surface area contributed by atoms with Crippen LogP contribution in [0.1, 0.15) is 11.1 Å². The lowest BCUT2D eigenvalue weighted by Gasteiger charge is -2.04. The molecular formula is C9H9O3-. The van der Waals surface area contributed by atoms with Gasteiger partial charge in [-0.2, -0.15) is 0 Å². The lowest BCUT2D eigenvalue weighted by atomic mass is 10.1. The second-order valence-corrected chi connectivity index (χ2v) is 2.67. The molecule has 3 nitrogen and oxygen atoms in total. The van der Waals surface area contributed by atoms with Crippen LogP contribution in [0, 0.1) is 6.92 Å². The molecule has 0 fully saturated rings. The molecule has 12 heavy (non-hydrogen) atoms. The number of phenolic OH excluding ortho intramolecular Hbond substituents is 1. The maximum absolute atomic E-state index is 10.2. The summed E-state index contributed by atoms with van der Waals surface area (Å²) in [7, 11) is 0. The van der Waals surface area contributed by atoms with Crippen LogP contribution in [-0.2, 0) is 11.2 Å². The van der Waals surface area contributed by atoms with Gasteiger partial charge in [-0.1, -0.05) is 12.1 Å². The van der Waals surface area contributed by atoms with E-state index in [0.717, 1.165) is 5.56 Å². The van der Waals surface area contributed by atoms with Gasteiger partial charge in [0.05, 0.1) is 0 Å². The van der Waals surface area contributed by atoms with Crippen molar-refractivity contribution in [2.75, 3.05) is 0 Å². The Bertz CT molecular complexity index is 305. The maximum Gasteiger partial charge on any atom is 0.118 e. The van der Waals surface area contributed by atoms with E-state index in [2.05, 4.69) is 0 Å². The van der Waals surface area contributed by atoms with E-state index in [9.17, 15) is 15.0 Å². The third-order valence-corrected chi connectivity index (χ3v) is 1.62. The molecule has 0 saturated heterocycles. The fourth-order valence-electron chi connectivity index (χ4n) is 0.932. The van der Waals surface area contributed by atoms with Crippen molar-refractivity contribution in [1.82, 2.24) is 0 Å². The number of aromatic hydroxyl groups is 1. The van der Waals surface area contributed by atoms with E-state index in [4.69, 9.17) is 0 Å². The first kappa shape index (κ1) is 8.59. The lowest BCUT2D eigenvalue weighted by Crippen LogP contribution is -2.24. The van der Waals surface area contributed by atoms with Crippen LogP contribution in [0.4, 0.5) is 0 Å². The number of aryl methyl sites for hydroxylation is 1. The maximum atomic E-state index is 10.2. The molecule has 0 bridgehead atoms. The van der Waals surface area contributed by atoms with Crippen LogP contribution in [0.3, 0.4) is 0 Å². The second kappa shape index (κ2) is 3.26. The zero-order chi connectivity index (χ0) is 9.14. The van der Waals surface area contributed by atoms with E-state index in [1.807, 2.05) is 0 Å². The molecule has 1 aromatic rings. The number of carbonyl (C=O) groups excluding carboxylic acids is 1.